The average molecular weight is 629 g/mol. The molecule has 8 nitrogen and oxygen atoms in total. The van der Waals surface area contributed by atoms with Crippen molar-refractivity contribution >= 4 is 5.69 Å². The maximum Gasteiger partial charge on any atom is 0.416 e. The molecule has 0 unspecified atom stereocenters. The SMILES string of the molecule is Cc1cc(F)cc([C@H](N)Cn2c(=O)c(N3CCN(Cc4cccnc4)CC3)c(C)n(Cc3c(F)cccc3C(F)(F)F)c2=O)c1. The number of rotatable bonds is 8. The van der Waals surface area contributed by atoms with Gasteiger partial charge in [-0.05, 0) is 60.9 Å². The van der Waals surface area contributed by atoms with Crippen LogP contribution in [0.3, 0.4) is 0 Å². The average Bonchev–Trinajstić information content (AvgIpc) is 2.98. The molecular weight excluding hydrogens is 595 g/mol. The number of anilines is 1. The molecule has 2 aromatic heterocycles. The Morgan fingerprint density at radius 1 is 0.933 bits per heavy atom. The van der Waals surface area contributed by atoms with Crippen molar-refractivity contribution < 1.29 is 22.0 Å². The molecule has 3 heterocycles. The zero-order valence-electron chi connectivity index (χ0n) is 24.8. The molecule has 1 saturated heterocycles. The zero-order chi connectivity index (χ0) is 32.5. The van der Waals surface area contributed by atoms with E-state index in [9.17, 15) is 31.5 Å². The van der Waals surface area contributed by atoms with Crippen molar-refractivity contribution in [3.63, 3.8) is 0 Å². The van der Waals surface area contributed by atoms with Crippen LogP contribution >= 0.6 is 0 Å². The van der Waals surface area contributed by atoms with Gasteiger partial charge in [-0.3, -0.25) is 23.8 Å². The van der Waals surface area contributed by atoms with Crippen LogP contribution in [0.15, 0.2) is 70.5 Å². The van der Waals surface area contributed by atoms with E-state index in [1.165, 1.54) is 19.1 Å². The van der Waals surface area contributed by atoms with Crippen LogP contribution in [0, 0.1) is 25.5 Å². The number of nitrogens with two attached hydrogens (primary N) is 1. The van der Waals surface area contributed by atoms with Crippen LogP contribution in [0.25, 0.3) is 0 Å². The number of aryl methyl sites for hydroxylation is 1. The number of halogens is 5. The van der Waals surface area contributed by atoms with E-state index < -0.39 is 52.8 Å². The lowest BCUT2D eigenvalue weighted by molar-refractivity contribution is -0.138. The summed E-state index contributed by atoms with van der Waals surface area (Å²) in [6, 6.07) is 9.54. The summed E-state index contributed by atoms with van der Waals surface area (Å²) >= 11 is 0. The van der Waals surface area contributed by atoms with E-state index in [4.69, 9.17) is 5.73 Å². The van der Waals surface area contributed by atoms with Crippen molar-refractivity contribution in [3.8, 4) is 0 Å². The molecular formula is C32H33F5N6O2. The Morgan fingerprint density at radius 3 is 2.31 bits per heavy atom. The van der Waals surface area contributed by atoms with Gasteiger partial charge in [0.1, 0.15) is 17.3 Å². The molecule has 0 aliphatic carbocycles. The van der Waals surface area contributed by atoms with Crippen molar-refractivity contribution in [3.05, 3.63) is 127 Å². The molecule has 1 atom stereocenters. The van der Waals surface area contributed by atoms with Gasteiger partial charge in [0, 0.05) is 62.4 Å². The van der Waals surface area contributed by atoms with Crippen molar-refractivity contribution in [1.82, 2.24) is 19.0 Å². The predicted octanol–water partition coefficient (Wildman–Crippen LogP) is 4.39. The summed E-state index contributed by atoms with van der Waals surface area (Å²) in [7, 11) is 0. The summed E-state index contributed by atoms with van der Waals surface area (Å²) in [5.41, 5.74) is 4.95. The van der Waals surface area contributed by atoms with Crippen LogP contribution in [0.4, 0.5) is 27.6 Å². The molecule has 0 amide bonds. The number of alkyl halides is 3. The van der Waals surface area contributed by atoms with Gasteiger partial charge in [-0.15, -0.1) is 0 Å². The Hall–Kier alpha value is -4.36. The summed E-state index contributed by atoms with van der Waals surface area (Å²) in [6.45, 7) is 4.51. The Morgan fingerprint density at radius 2 is 1.67 bits per heavy atom. The summed E-state index contributed by atoms with van der Waals surface area (Å²) in [4.78, 5) is 35.9. The highest BCUT2D eigenvalue weighted by atomic mass is 19.4. The first-order chi connectivity index (χ1) is 21.3. The van der Waals surface area contributed by atoms with E-state index in [0.29, 0.717) is 43.9 Å². The molecule has 1 aliphatic rings. The van der Waals surface area contributed by atoms with E-state index in [2.05, 4.69) is 9.88 Å². The molecule has 0 saturated carbocycles. The van der Waals surface area contributed by atoms with Crippen LogP contribution in [-0.4, -0.2) is 45.2 Å². The van der Waals surface area contributed by atoms with Crippen LogP contribution < -0.4 is 21.9 Å². The van der Waals surface area contributed by atoms with Gasteiger partial charge in [0.25, 0.3) is 5.56 Å². The van der Waals surface area contributed by atoms with Crippen LogP contribution in [-0.2, 0) is 25.8 Å². The standard InChI is InChI=1S/C32H33F5N6O2/c1-20-13-23(15-24(33)14-20)28(38)19-43-30(44)29(41-11-9-40(10-12-41)17-22-5-4-8-39-16-22)21(2)42(31(43)45)18-25-26(32(35,36)37)6-3-7-27(25)34/h3-8,13-16,28H,9-12,17-19,38H2,1-2H3/t28-/m1/s1. The minimum atomic E-state index is -4.88. The van der Waals surface area contributed by atoms with E-state index in [1.54, 1.807) is 30.3 Å². The molecule has 1 fully saturated rings. The van der Waals surface area contributed by atoms with Gasteiger partial charge in [-0.25, -0.2) is 13.6 Å². The molecule has 0 spiro atoms. The predicted molar refractivity (Wildman–Crippen MR) is 160 cm³/mol. The Bertz CT molecular complexity index is 1780. The van der Waals surface area contributed by atoms with Gasteiger partial charge >= 0.3 is 11.9 Å². The highest BCUT2D eigenvalue weighted by Gasteiger charge is 2.35. The number of hydrogen-bond donors (Lipinski definition) is 1. The summed E-state index contributed by atoms with van der Waals surface area (Å²) in [5.74, 6) is -1.68. The minimum absolute atomic E-state index is 0.105. The molecule has 2 aromatic carbocycles. The van der Waals surface area contributed by atoms with Crippen LogP contribution in [0.2, 0.25) is 0 Å². The van der Waals surface area contributed by atoms with E-state index in [-0.39, 0.29) is 17.9 Å². The third-order valence-corrected chi connectivity index (χ3v) is 8.09. The molecule has 0 bridgehead atoms. The largest absolute Gasteiger partial charge is 0.416 e. The fourth-order valence-electron chi connectivity index (χ4n) is 5.80. The fraction of sp³-hybridized carbons (Fsp3) is 0.344. The molecule has 1 aliphatic heterocycles. The second kappa shape index (κ2) is 12.9. The van der Waals surface area contributed by atoms with Crippen molar-refractivity contribution in [2.24, 2.45) is 5.73 Å². The van der Waals surface area contributed by atoms with Crippen LogP contribution in [0.5, 0.6) is 0 Å². The number of pyridine rings is 1. The normalized spacial score (nSPS) is 15.0. The van der Waals surface area contributed by atoms with Gasteiger partial charge in [-0.2, -0.15) is 13.2 Å². The molecule has 45 heavy (non-hydrogen) atoms. The third kappa shape index (κ3) is 6.99. The maximum atomic E-state index is 14.9. The quantitative estimate of drug-likeness (QED) is 0.292. The van der Waals surface area contributed by atoms with Crippen LogP contribution in [0.1, 0.15) is 39.6 Å². The second-order valence-electron chi connectivity index (χ2n) is 11.3. The van der Waals surface area contributed by atoms with E-state index in [0.717, 1.165) is 32.9 Å². The molecule has 2 N–H and O–H groups in total. The van der Waals surface area contributed by atoms with E-state index in [1.807, 2.05) is 12.1 Å². The first-order valence-electron chi connectivity index (χ1n) is 14.4. The highest BCUT2D eigenvalue weighted by molar-refractivity contribution is 5.50. The third-order valence-electron chi connectivity index (χ3n) is 8.09. The number of nitrogens with zero attached hydrogens (tertiary/aromatic N) is 5. The highest BCUT2D eigenvalue weighted by Crippen LogP contribution is 2.33. The second-order valence-corrected chi connectivity index (χ2v) is 11.3. The summed E-state index contributed by atoms with van der Waals surface area (Å²) in [5, 5.41) is 0. The number of aromatic nitrogens is 3. The molecule has 13 heteroatoms. The lowest BCUT2D eigenvalue weighted by Crippen LogP contribution is -2.51. The van der Waals surface area contributed by atoms with Crippen molar-refractivity contribution in [1.29, 1.82) is 0 Å². The van der Waals surface area contributed by atoms with Gasteiger partial charge in [-0.1, -0.05) is 18.2 Å². The lowest BCUT2D eigenvalue weighted by atomic mass is 10.0. The van der Waals surface area contributed by atoms with Gasteiger partial charge < -0.3 is 10.6 Å². The number of piperazine rings is 1. The number of benzene rings is 2. The Kier molecular flexibility index (Phi) is 9.21. The van der Waals surface area contributed by atoms with Gasteiger partial charge in [0.05, 0.1) is 18.7 Å². The minimum Gasteiger partial charge on any atom is -0.363 e. The lowest BCUT2D eigenvalue weighted by Gasteiger charge is -2.37. The molecule has 4 aromatic rings. The fourth-order valence-corrected chi connectivity index (χ4v) is 5.80. The summed E-state index contributed by atoms with van der Waals surface area (Å²) in [6.07, 6.45) is -1.43. The first kappa shape index (κ1) is 32.0. The van der Waals surface area contributed by atoms with Gasteiger partial charge in [0.15, 0.2) is 0 Å². The molecule has 5 rings (SSSR count). The Balaban J connectivity index is 1.56. The maximum absolute atomic E-state index is 14.9. The first-order valence-corrected chi connectivity index (χ1v) is 14.4. The van der Waals surface area contributed by atoms with E-state index >= 15 is 0 Å². The molecule has 0 radical (unpaired) electrons. The topological polar surface area (TPSA) is 89.4 Å². The Labute approximate surface area is 256 Å². The monoisotopic (exact) mass is 628 g/mol. The van der Waals surface area contributed by atoms with Gasteiger partial charge in [0.2, 0.25) is 0 Å². The van der Waals surface area contributed by atoms with Crippen molar-refractivity contribution in [2.75, 3.05) is 31.1 Å². The molecule has 238 valence electrons. The summed E-state index contributed by atoms with van der Waals surface area (Å²) < 4.78 is 72.6. The number of hydrogen-bond acceptors (Lipinski definition) is 6. The zero-order valence-corrected chi connectivity index (χ0v) is 24.8. The van der Waals surface area contributed by atoms with Crippen molar-refractivity contribution in [2.45, 2.75) is 45.7 Å². The smallest absolute Gasteiger partial charge is 0.363 e.